The van der Waals surface area contributed by atoms with Gasteiger partial charge in [0.15, 0.2) is 0 Å². The average Bonchev–Trinajstić information content (AvgIpc) is 2.70. The van der Waals surface area contributed by atoms with Gasteiger partial charge in [0, 0.05) is 24.4 Å². The van der Waals surface area contributed by atoms with Crippen LogP contribution in [0.2, 0.25) is 0 Å². The second-order valence-corrected chi connectivity index (χ2v) is 7.05. The molecule has 0 heterocycles. The van der Waals surface area contributed by atoms with E-state index in [0.29, 0.717) is 12.1 Å². The molecule has 142 valence electrons. The summed E-state index contributed by atoms with van der Waals surface area (Å²) in [7, 11) is 1.85. The van der Waals surface area contributed by atoms with Gasteiger partial charge in [-0.05, 0) is 47.1 Å². The van der Waals surface area contributed by atoms with Crippen molar-refractivity contribution in [3.63, 3.8) is 0 Å². The summed E-state index contributed by atoms with van der Waals surface area (Å²) < 4.78 is 0. The minimum Gasteiger partial charge on any atom is -0.402 e. The lowest BCUT2D eigenvalue weighted by molar-refractivity contribution is 0.677. The molecule has 27 heavy (non-hydrogen) atoms. The van der Waals surface area contributed by atoms with E-state index < -0.39 is 0 Å². The van der Waals surface area contributed by atoms with Gasteiger partial charge >= 0.3 is 0 Å². The van der Waals surface area contributed by atoms with Gasteiger partial charge in [-0.25, -0.2) is 0 Å². The van der Waals surface area contributed by atoms with E-state index in [9.17, 15) is 0 Å². The molecular weight excluding hydrogens is 328 g/mol. The highest BCUT2D eigenvalue weighted by molar-refractivity contribution is 5.77. The molecule has 1 unspecified atom stereocenters. The van der Waals surface area contributed by atoms with Crippen molar-refractivity contribution in [3.8, 4) is 0 Å². The van der Waals surface area contributed by atoms with Crippen molar-refractivity contribution in [2.75, 3.05) is 7.05 Å². The first-order chi connectivity index (χ1) is 13.0. The van der Waals surface area contributed by atoms with Gasteiger partial charge in [0.1, 0.15) is 0 Å². The highest BCUT2D eigenvalue weighted by atomic mass is 14.8. The number of unbranched alkanes of at least 4 members (excludes halogenated alkanes) is 1. The molecule has 1 aromatic carbocycles. The summed E-state index contributed by atoms with van der Waals surface area (Å²) in [5, 5.41) is 3.08. The van der Waals surface area contributed by atoms with Gasteiger partial charge in [-0.1, -0.05) is 81.7 Å². The van der Waals surface area contributed by atoms with Crippen molar-refractivity contribution in [3.05, 3.63) is 96.4 Å². The number of hydrogen-bond donors (Lipinski definition) is 2. The van der Waals surface area contributed by atoms with E-state index in [1.54, 1.807) is 0 Å². The maximum Gasteiger partial charge on any atom is 0.0411 e. The van der Waals surface area contributed by atoms with Crippen LogP contribution in [0.4, 0.5) is 0 Å². The molecule has 2 heteroatoms. The second-order valence-electron chi connectivity index (χ2n) is 7.05. The van der Waals surface area contributed by atoms with Crippen LogP contribution in [0.3, 0.4) is 0 Å². The van der Waals surface area contributed by atoms with Crippen LogP contribution in [-0.4, -0.2) is 7.05 Å². The number of benzene rings is 1. The van der Waals surface area contributed by atoms with Crippen LogP contribution in [0.15, 0.2) is 85.3 Å². The van der Waals surface area contributed by atoms with E-state index in [-0.39, 0.29) is 5.92 Å². The summed E-state index contributed by atoms with van der Waals surface area (Å²) in [5.74, 6) is -0.0144. The van der Waals surface area contributed by atoms with Crippen molar-refractivity contribution < 1.29 is 0 Å². The first-order valence-corrected chi connectivity index (χ1v) is 9.63. The van der Waals surface area contributed by atoms with E-state index in [1.165, 1.54) is 23.1 Å². The van der Waals surface area contributed by atoms with E-state index >= 15 is 0 Å². The molecule has 1 aliphatic carbocycles. The maximum absolute atomic E-state index is 5.95. The first-order valence-electron chi connectivity index (χ1n) is 9.63. The minimum absolute atomic E-state index is 0.0144. The predicted molar refractivity (Wildman–Crippen MR) is 120 cm³/mol. The Bertz CT molecular complexity index is 788. The fourth-order valence-corrected chi connectivity index (χ4v) is 3.17. The van der Waals surface area contributed by atoms with Crippen LogP contribution in [0.1, 0.15) is 43.7 Å². The van der Waals surface area contributed by atoms with Crippen molar-refractivity contribution in [1.29, 1.82) is 0 Å². The zero-order chi connectivity index (χ0) is 19.8. The van der Waals surface area contributed by atoms with Crippen LogP contribution in [0.5, 0.6) is 0 Å². The highest BCUT2D eigenvalue weighted by Crippen LogP contribution is 2.29. The monoisotopic (exact) mass is 360 g/mol. The number of nitrogens with two attached hydrogens (primary N) is 1. The summed E-state index contributed by atoms with van der Waals surface area (Å²) >= 11 is 0. The van der Waals surface area contributed by atoms with Crippen LogP contribution >= 0.6 is 0 Å². The van der Waals surface area contributed by atoms with Gasteiger partial charge in [0.2, 0.25) is 0 Å². The predicted octanol–water partition coefficient (Wildman–Crippen LogP) is 5.98. The lowest BCUT2D eigenvalue weighted by Gasteiger charge is -2.20. The van der Waals surface area contributed by atoms with Gasteiger partial charge in [-0.3, -0.25) is 0 Å². The van der Waals surface area contributed by atoms with Gasteiger partial charge in [-0.2, -0.15) is 0 Å². The highest BCUT2D eigenvalue weighted by Gasteiger charge is 2.16. The van der Waals surface area contributed by atoms with Gasteiger partial charge in [0.05, 0.1) is 0 Å². The summed E-state index contributed by atoms with van der Waals surface area (Å²) in [6.07, 6.45) is 13.1. The summed E-state index contributed by atoms with van der Waals surface area (Å²) in [6.45, 7) is 14.4. The molecule has 2 nitrogen and oxygen atoms in total. The third kappa shape index (κ3) is 5.62. The molecule has 0 radical (unpaired) electrons. The van der Waals surface area contributed by atoms with Crippen LogP contribution < -0.4 is 11.1 Å². The van der Waals surface area contributed by atoms with Gasteiger partial charge in [-0.15, -0.1) is 0 Å². The van der Waals surface area contributed by atoms with Crippen LogP contribution in [0.25, 0.3) is 11.1 Å². The standard InChI is InChI=1S/C25H32N2/c1-6-7-8-21-9-11-23(12-10-21)24-15-13-22(14-16-24)18(2)17-25(19(3)26)20(4)27-5/h8-9,11-16,25,27H,2-4,6-7,10,17,26H2,1,5H3/b21-8-. The molecule has 2 rings (SSSR count). The molecule has 0 bridgehead atoms. The van der Waals surface area contributed by atoms with E-state index in [0.717, 1.165) is 29.7 Å². The van der Waals surface area contributed by atoms with Gasteiger partial charge < -0.3 is 11.1 Å². The maximum atomic E-state index is 5.95. The van der Waals surface area contributed by atoms with Crippen molar-refractivity contribution >= 4 is 11.1 Å². The van der Waals surface area contributed by atoms with E-state index in [4.69, 9.17) is 5.73 Å². The molecule has 1 aliphatic rings. The topological polar surface area (TPSA) is 38.0 Å². The minimum atomic E-state index is -0.0144. The van der Waals surface area contributed by atoms with Gasteiger partial charge in [0.25, 0.3) is 0 Å². The molecule has 3 N–H and O–H groups in total. The van der Waals surface area contributed by atoms with Crippen molar-refractivity contribution in [1.82, 2.24) is 5.32 Å². The van der Waals surface area contributed by atoms with Crippen LogP contribution in [-0.2, 0) is 0 Å². The Kier molecular flexibility index (Phi) is 7.48. The number of rotatable bonds is 9. The second kappa shape index (κ2) is 9.82. The third-order valence-electron chi connectivity index (χ3n) is 5.00. The number of nitrogens with one attached hydrogen (secondary N) is 1. The van der Waals surface area contributed by atoms with E-state index in [1.807, 2.05) is 7.05 Å². The third-order valence-corrected chi connectivity index (χ3v) is 5.00. The summed E-state index contributed by atoms with van der Waals surface area (Å²) in [6, 6.07) is 8.59. The fraction of sp³-hybridized carbons (Fsp3) is 0.280. The molecule has 1 aromatic rings. The Morgan fingerprint density at radius 1 is 1.19 bits per heavy atom. The Morgan fingerprint density at radius 3 is 2.41 bits per heavy atom. The Hall–Kier alpha value is -2.74. The van der Waals surface area contributed by atoms with Crippen LogP contribution in [0, 0.1) is 5.92 Å². The zero-order valence-corrected chi connectivity index (χ0v) is 16.7. The zero-order valence-electron chi connectivity index (χ0n) is 16.7. The molecule has 0 amide bonds. The molecule has 1 atom stereocenters. The lowest BCUT2D eigenvalue weighted by atomic mass is 9.90. The fourth-order valence-electron chi connectivity index (χ4n) is 3.17. The lowest BCUT2D eigenvalue weighted by Crippen LogP contribution is -2.21. The summed E-state index contributed by atoms with van der Waals surface area (Å²) in [4.78, 5) is 0. The average molecular weight is 361 g/mol. The quantitative estimate of drug-likeness (QED) is 0.568. The largest absolute Gasteiger partial charge is 0.402 e. The normalized spacial score (nSPS) is 15.9. The SMILES string of the molecule is C=C(CC(C(=C)N)C(=C)NC)c1ccc(C2=CC/C(=C\CCC)C=C2)cc1. The molecule has 0 saturated heterocycles. The molecule has 0 fully saturated rings. The smallest absolute Gasteiger partial charge is 0.0411 e. The van der Waals surface area contributed by atoms with Crippen molar-refractivity contribution in [2.24, 2.45) is 11.7 Å². The Balaban J connectivity index is 2.06. The number of allylic oxidation sites excluding steroid dienone is 7. The molecule has 0 aromatic heterocycles. The molecule has 0 aliphatic heterocycles. The molecule has 0 spiro atoms. The molecular formula is C25H32N2. The number of hydrogen-bond acceptors (Lipinski definition) is 2. The summed E-state index contributed by atoms with van der Waals surface area (Å²) in [5.41, 5.74) is 13.5. The van der Waals surface area contributed by atoms with E-state index in [2.05, 4.69) is 80.5 Å². The van der Waals surface area contributed by atoms with Crippen molar-refractivity contribution in [2.45, 2.75) is 32.6 Å². The molecule has 0 saturated carbocycles. The first kappa shape index (κ1) is 20.6. The Labute approximate surface area is 164 Å². The Morgan fingerprint density at radius 2 is 1.89 bits per heavy atom.